The van der Waals surface area contributed by atoms with Crippen molar-refractivity contribution in [2.24, 2.45) is 11.8 Å². The summed E-state index contributed by atoms with van der Waals surface area (Å²) >= 11 is 0. The molecule has 3 rings (SSSR count). The maximum Gasteiger partial charge on any atom is 0.329 e. The molecule has 1 aliphatic carbocycles. The molecular formula is C23H26F2N2O4. The summed E-state index contributed by atoms with van der Waals surface area (Å²) in [6.07, 6.45) is 3.73. The van der Waals surface area contributed by atoms with Crippen LogP contribution >= 0.6 is 0 Å². The molecule has 1 saturated carbocycles. The molecule has 0 saturated heterocycles. The number of nitrogens with zero attached hydrogens (tertiary/aromatic N) is 1. The maximum atomic E-state index is 13.8. The van der Waals surface area contributed by atoms with Gasteiger partial charge in [-0.25, -0.2) is 18.4 Å². The van der Waals surface area contributed by atoms with E-state index in [0.717, 1.165) is 37.8 Å². The van der Waals surface area contributed by atoms with Gasteiger partial charge in [-0.3, -0.25) is 4.90 Å². The highest BCUT2D eigenvalue weighted by atomic mass is 19.2. The number of hydrogen-bond acceptors (Lipinski definition) is 3. The molecule has 2 unspecified atom stereocenters. The van der Waals surface area contributed by atoms with Crippen LogP contribution in [0.25, 0.3) is 0 Å². The first-order valence-electron chi connectivity index (χ1n) is 10.3. The quantitative estimate of drug-likeness (QED) is 0.633. The van der Waals surface area contributed by atoms with Crippen molar-refractivity contribution in [2.75, 3.05) is 24.7 Å². The number of amides is 2. The third kappa shape index (κ3) is 6.49. The van der Waals surface area contributed by atoms with E-state index in [-0.39, 0.29) is 24.1 Å². The van der Waals surface area contributed by atoms with Gasteiger partial charge in [-0.05, 0) is 55.4 Å². The number of rotatable bonds is 8. The number of ether oxygens (including phenoxy) is 1. The lowest BCUT2D eigenvalue weighted by molar-refractivity contribution is -0.142. The van der Waals surface area contributed by atoms with E-state index < -0.39 is 23.6 Å². The van der Waals surface area contributed by atoms with E-state index in [9.17, 15) is 18.4 Å². The van der Waals surface area contributed by atoms with Gasteiger partial charge in [0.1, 0.15) is 6.61 Å². The Kier molecular flexibility index (Phi) is 7.94. The predicted octanol–water partition coefficient (Wildman–Crippen LogP) is 4.72. The fourth-order valence-corrected chi connectivity index (χ4v) is 3.95. The summed E-state index contributed by atoms with van der Waals surface area (Å²) in [5.41, 5.74) is 0.765. The molecule has 0 aromatic heterocycles. The number of carbonyl (C=O) groups is 2. The number of benzene rings is 2. The van der Waals surface area contributed by atoms with Crippen LogP contribution in [0.1, 0.15) is 25.7 Å². The van der Waals surface area contributed by atoms with Gasteiger partial charge in [0.15, 0.2) is 11.6 Å². The van der Waals surface area contributed by atoms with Crippen LogP contribution < -0.4 is 10.2 Å². The summed E-state index contributed by atoms with van der Waals surface area (Å²) in [7, 11) is 0. The van der Waals surface area contributed by atoms with Gasteiger partial charge in [-0.1, -0.05) is 24.6 Å². The average Bonchev–Trinajstić information content (AvgIpc) is 2.76. The molecule has 8 heteroatoms. The normalized spacial score (nSPS) is 18.4. The molecular weight excluding hydrogens is 406 g/mol. The molecule has 0 heterocycles. The Morgan fingerprint density at radius 1 is 1.03 bits per heavy atom. The number of halogens is 2. The monoisotopic (exact) mass is 432 g/mol. The predicted molar refractivity (Wildman–Crippen MR) is 112 cm³/mol. The Labute approximate surface area is 179 Å². The van der Waals surface area contributed by atoms with Gasteiger partial charge in [-0.15, -0.1) is 0 Å². The molecule has 2 N–H and O–H groups in total. The third-order valence-electron chi connectivity index (χ3n) is 5.39. The van der Waals surface area contributed by atoms with E-state index in [1.54, 1.807) is 30.3 Å². The van der Waals surface area contributed by atoms with Crippen LogP contribution in [-0.4, -0.2) is 36.9 Å². The van der Waals surface area contributed by atoms with Gasteiger partial charge in [0.2, 0.25) is 0 Å². The summed E-state index contributed by atoms with van der Waals surface area (Å²) in [6.45, 7) is 0.515. The van der Waals surface area contributed by atoms with E-state index in [1.165, 1.54) is 11.0 Å². The largest absolute Gasteiger partial charge is 0.480 e. The number of carboxylic acids is 1. The number of hydrogen-bond donors (Lipinski definition) is 2. The zero-order valence-electron chi connectivity index (χ0n) is 17.1. The van der Waals surface area contributed by atoms with Crippen LogP contribution in [0, 0.1) is 23.5 Å². The first kappa shape index (κ1) is 22.7. The zero-order chi connectivity index (χ0) is 22.2. The second-order valence-corrected chi connectivity index (χ2v) is 7.76. The number of urea groups is 1. The summed E-state index contributed by atoms with van der Waals surface area (Å²) in [4.78, 5) is 24.9. The lowest BCUT2D eigenvalue weighted by atomic mass is 9.82. The number of para-hydroxylation sites is 1. The molecule has 2 atom stereocenters. The molecule has 0 spiro atoms. The standard InChI is InChI=1S/C23H26F2N2O4/c24-20-10-9-19(12-21(20)25)27(18-7-2-1-3-8-18)23(30)26-13-16-5-4-6-17(11-16)14-31-15-22(28)29/h1-3,7-10,12,16-17H,4-6,11,13-15H2,(H,26,30)(H,28,29). The van der Waals surface area contributed by atoms with E-state index >= 15 is 0 Å². The molecule has 0 bridgehead atoms. The number of nitrogens with one attached hydrogen (secondary N) is 1. The van der Waals surface area contributed by atoms with Crippen LogP contribution in [0.4, 0.5) is 25.0 Å². The highest BCUT2D eigenvalue weighted by molar-refractivity contribution is 5.99. The Balaban J connectivity index is 1.64. The molecule has 0 radical (unpaired) electrons. The third-order valence-corrected chi connectivity index (χ3v) is 5.39. The Morgan fingerprint density at radius 3 is 2.48 bits per heavy atom. The van der Waals surface area contributed by atoms with Crippen molar-refractivity contribution in [3.63, 3.8) is 0 Å². The number of aliphatic carboxylic acids is 1. The van der Waals surface area contributed by atoms with E-state index in [0.29, 0.717) is 18.8 Å². The van der Waals surface area contributed by atoms with Crippen LogP contribution in [0.5, 0.6) is 0 Å². The van der Waals surface area contributed by atoms with Crippen LogP contribution in [0.3, 0.4) is 0 Å². The molecule has 1 fully saturated rings. The van der Waals surface area contributed by atoms with Crippen LogP contribution in [-0.2, 0) is 9.53 Å². The molecule has 0 aliphatic heterocycles. The number of anilines is 2. The van der Waals surface area contributed by atoms with E-state index in [4.69, 9.17) is 9.84 Å². The topological polar surface area (TPSA) is 78.9 Å². The molecule has 6 nitrogen and oxygen atoms in total. The summed E-state index contributed by atoms with van der Waals surface area (Å²) in [5.74, 6) is -2.50. The average molecular weight is 432 g/mol. The Hall–Kier alpha value is -3.00. The smallest absolute Gasteiger partial charge is 0.329 e. The van der Waals surface area contributed by atoms with Gasteiger partial charge >= 0.3 is 12.0 Å². The van der Waals surface area contributed by atoms with Crippen LogP contribution in [0.15, 0.2) is 48.5 Å². The summed E-state index contributed by atoms with van der Waals surface area (Å²) in [6, 6.07) is 11.7. The van der Waals surface area contributed by atoms with Gasteiger partial charge < -0.3 is 15.2 Å². The summed E-state index contributed by atoms with van der Waals surface area (Å²) in [5, 5.41) is 11.6. The SMILES string of the molecule is O=C(O)COCC1CCCC(CNC(=O)N(c2ccccc2)c2ccc(F)c(F)c2)C1. The minimum Gasteiger partial charge on any atom is -0.480 e. The minimum absolute atomic E-state index is 0.228. The first-order chi connectivity index (χ1) is 14.9. The molecule has 2 aromatic carbocycles. The molecule has 2 amide bonds. The first-order valence-corrected chi connectivity index (χ1v) is 10.3. The molecule has 1 aliphatic rings. The lowest BCUT2D eigenvalue weighted by Crippen LogP contribution is -2.40. The Morgan fingerprint density at radius 2 is 1.77 bits per heavy atom. The Bertz CT molecular complexity index is 894. The van der Waals surface area contributed by atoms with E-state index in [1.807, 2.05) is 0 Å². The summed E-state index contributed by atoms with van der Waals surface area (Å²) < 4.78 is 32.4. The second kappa shape index (κ2) is 10.9. The van der Waals surface area contributed by atoms with Crippen molar-refractivity contribution in [1.29, 1.82) is 0 Å². The fourth-order valence-electron chi connectivity index (χ4n) is 3.95. The van der Waals surface area contributed by atoms with E-state index in [2.05, 4.69) is 5.32 Å². The van der Waals surface area contributed by atoms with Gasteiger partial charge in [0.25, 0.3) is 0 Å². The zero-order valence-corrected chi connectivity index (χ0v) is 17.1. The lowest BCUT2D eigenvalue weighted by Gasteiger charge is -2.30. The minimum atomic E-state index is -1.03. The van der Waals surface area contributed by atoms with Crippen molar-refractivity contribution in [3.05, 3.63) is 60.2 Å². The highest BCUT2D eigenvalue weighted by Gasteiger charge is 2.25. The van der Waals surface area contributed by atoms with Gasteiger partial charge in [-0.2, -0.15) is 0 Å². The van der Waals surface area contributed by atoms with Gasteiger partial charge in [0.05, 0.1) is 18.0 Å². The number of carbonyl (C=O) groups excluding carboxylic acids is 1. The maximum absolute atomic E-state index is 13.8. The van der Waals surface area contributed by atoms with Gasteiger partial charge in [0, 0.05) is 12.6 Å². The molecule has 31 heavy (non-hydrogen) atoms. The molecule has 2 aromatic rings. The van der Waals surface area contributed by atoms with Crippen molar-refractivity contribution < 1.29 is 28.2 Å². The molecule has 166 valence electrons. The van der Waals surface area contributed by atoms with Crippen LogP contribution in [0.2, 0.25) is 0 Å². The second-order valence-electron chi connectivity index (χ2n) is 7.76. The fraction of sp³-hybridized carbons (Fsp3) is 0.391. The van der Waals surface area contributed by atoms with Crippen molar-refractivity contribution in [2.45, 2.75) is 25.7 Å². The van der Waals surface area contributed by atoms with Crippen molar-refractivity contribution >= 4 is 23.4 Å². The van der Waals surface area contributed by atoms with Crippen molar-refractivity contribution in [3.8, 4) is 0 Å². The highest BCUT2D eigenvalue weighted by Crippen LogP contribution is 2.30. The number of carboxylic acid groups (broad SMARTS) is 1. The van der Waals surface area contributed by atoms with Crippen molar-refractivity contribution in [1.82, 2.24) is 5.32 Å².